The van der Waals surface area contributed by atoms with Crippen LogP contribution in [0.3, 0.4) is 0 Å². The lowest BCUT2D eigenvalue weighted by Gasteiger charge is -1.89. The SMILES string of the molecule is C=CC=C.CCCCCCCl. The summed E-state index contributed by atoms with van der Waals surface area (Å²) < 4.78 is 0. The van der Waals surface area contributed by atoms with Gasteiger partial charge in [0.05, 0.1) is 0 Å². The Balaban J connectivity index is 0. The van der Waals surface area contributed by atoms with Gasteiger partial charge in [-0.2, -0.15) is 0 Å². The van der Waals surface area contributed by atoms with Crippen LogP contribution in [0, 0.1) is 0 Å². The highest BCUT2D eigenvalue weighted by Gasteiger charge is 1.81. The van der Waals surface area contributed by atoms with E-state index in [1.165, 1.54) is 25.7 Å². The van der Waals surface area contributed by atoms with Crippen molar-refractivity contribution in [1.82, 2.24) is 0 Å². The van der Waals surface area contributed by atoms with Gasteiger partial charge in [-0.1, -0.05) is 51.5 Å². The normalized spacial score (nSPS) is 7.82. The molecule has 0 radical (unpaired) electrons. The van der Waals surface area contributed by atoms with Crippen molar-refractivity contribution in [2.45, 2.75) is 32.6 Å². The first kappa shape index (κ1) is 13.4. The van der Waals surface area contributed by atoms with Crippen LogP contribution in [0.15, 0.2) is 25.3 Å². The second-order valence-electron chi connectivity index (χ2n) is 2.22. The first-order valence-corrected chi connectivity index (χ1v) is 4.66. The molecular weight excluding hydrogens is 156 g/mol. The van der Waals surface area contributed by atoms with Crippen LogP contribution >= 0.6 is 11.6 Å². The molecule has 1 heteroatoms. The van der Waals surface area contributed by atoms with Crippen LogP contribution < -0.4 is 0 Å². The Morgan fingerprint density at radius 3 is 1.91 bits per heavy atom. The standard InChI is InChI=1S/C6H13Cl.C4H6/c1-2-3-4-5-6-7;1-3-4-2/h2-6H2,1H3;3-4H,1-2H2. The Bertz CT molecular complexity index is 66.9. The summed E-state index contributed by atoms with van der Waals surface area (Å²) in [6.07, 6.45) is 8.42. The van der Waals surface area contributed by atoms with E-state index in [-0.39, 0.29) is 0 Å². The zero-order valence-electron chi connectivity index (χ0n) is 7.48. The van der Waals surface area contributed by atoms with Gasteiger partial charge >= 0.3 is 0 Å². The maximum Gasteiger partial charge on any atom is 0.0223 e. The molecule has 0 aromatic rings. The molecule has 0 bridgehead atoms. The van der Waals surface area contributed by atoms with Crippen molar-refractivity contribution in [2.75, 3.05) is 5.88 Å². The van der Waals surface area contributed by atoms with Gasteiger partial charge in [-0.25, -0.2) is 0 Å². The molecule has 0 heterocycles. The zero-order valence-corrected chi connectivity index (χ0v) is 8.24. The van der Waals surface area contributed by atoms with Crippen LogP contribution in [0.25, 0.3) is 0 Å². The van der Waals surface area contributed by atoms with Gasteiger partial charge in [0.25, 0.3) is 0 Å². The van der Waals surface area contributed by atoms with E-state index in [0.717, 1.165) is 5.88 Å². The van der Waals surface area contributed by atoms with E-state index < -0.39 is 0 Å². The minimum absolute atomic E-state index is 0.833. The van der Waals surface area contributed by atoms with E-state index >= 15 is 0 Å². The molecule has 0 amide bonds. The van der Waals surface area contributed by atoms with Gasteiger partial charge in [-0.15, -0.1) is 11.6 Å². The molecule has 0 rings (SSSR count). The first-order chi connectivity index (χ1) is 5.33. The summed E-state index contributed by atoms with van der Waals surface area (Å²) in [7, 11) is 0. The molecule has 0 spiro atoms. The molecule has 0 saturated heterocycles. The summed E-state index contributed by atoms with van der Waals surface area (Å²) in [4.78, 5) is 0. The molecule has 0 nitrogen and oxygen atoms in total. The largest absolute Gasteiger partial charge is 0.127 e. The minimum atomic E-state index is 0.833. The number of hydrogen-bond donors (Lipinski definition) is 0. The monoisotopic (exact) mass is 174 g/mol. The van der Waals surface area contributed by atoms with E-state index in [2.05, 4.69) is 20.1 Å². The molecule has 66 valence electrons. The van der Waals surface area contributed by atoms with Crippen molar-refractivity contribution in [1.29, 1.82) is 0 Å². The van der Waals surface area contributed by atoms with Gasteiger partial charge in [0.2, 0.25) is 0 Å². The van der Waals surface area contributed by atoms with Gasteiger partial charge in [-0.05, 0) is 6.42 Å². The lowest BCUT2D eigenvalue weighted by molar-refractivity contribution is 0.705. The third kappa shape index (κ3) is 25.9. The summed E-state index contributed by atoms with van der Waals surface area (Å²) in [5.41, 5.74) is 0. The molecule has 0 fully saturated rings. The van der Waals surface area contributed by atoms with E-state index in [1.807, 2.05) is 0 Å². The molecule has 11 heavy (non-hydrogen) atoms. The van der Waals surface area contributed by atoms with E-state index in [4.69, 9.17) is 11.6 Å². The highest BCUT2D eigenvalue weighted by molar-refractivity contribution is 6.17. The van der Waals surface area contributed by atoms with Gasteiger partial charge < -0.3 is 0 Å². The molecule has 0 N–H and O–H groups in total. The van der Waals surface area contributed by atoms with Crippen LogP contribution in [0.1, 0.15) is 32.6 Å². The van der Waals surface area contributed by atoms with Crippen molar-refractivity contribution in [3.8, 4) is 0 Å². The third-order valence-corrected chi connectivity index (χ3v) is 1.42. The molecular formula is C10H19Cl. The molecule has 0 aliphatic rings. The molecule has 0 aliphatic heterocycles. The van der Waals surface area contributed by atoms with Crippen LogP contribution in [-0.4, -0.2) is 5.88 Å². The summed E-state index contributed by atoms with van der Waals surface area (Å²) in [5, 5.41) is 0. The number of unbranched alkanes of at least 4 members (excludes halogenated alkanes) is 3. The van der Waals surface area contributed by atoms with Crippen molar-refractivity contribution in [3.63, 3.8) is 0 Å². The van der Waals surface area contributed by atoms with Crippen LogP contribution in [0.4, 0.5) is 0 Å². The number of allylic oxidation sites excluding steroid dienone is 2. The van der Waals surface area contributed by atoms with Crippen molar-refractivity contribution in [2.24, 2.45) is 0 Å². The Morgan fingerprint density at radius 1 is 1.09 bits per heavy atom. The summed E-state index contributed by atoms with van der Waals surface area (Å²) >= 11 is 5.44. The fourth-order valence-corrected chi connectivity index (χ4v) is 0.710. The number of halogens is 1. The predicted molar refractivity (Wildman–Crippen MR) is 55.3 cm³/mol. The Kier molecular flexibility index (Phi) is 19.9. The quantitative estimate of drug-likeness (QED) is 0.334. The molecule has 0 atom stereocenters. The molecule has 0 saturated carbocycles. The van der Waals surface area contributed by atoms with Gasteiger partial charge in [-0.3, -0.25) is 0 Å². The van der Waals surface area contributed by atoms with E-state index in [9.17, 15) is 0 Å². The minimum Gasteiger partial charge on any atom is -0.127 e. The Morgan fingerprint density at radius 2 is 1.64 bits per heavy atom. The molecule has 0 unspecified atom stereocenters. The van der Waals surface area contributed by atoms with E-state index in [1.54, 1.807) is 12.2 Å². The number of alkyl halides is 1. The van der Waals surface area contributed by atoms with Crippen LogP contribution in [0.2, 0.25) is 0 Å². The molecule has 0 aromatic carbocycles. The lowest BCUT2D eigenvalue weighted by atomic mass is 10.2. The van der Waals surface area contributed by atoms with Gasteiger partial charge in [0.1, 0.15) is 0 Å². The van der Waals surface area contributed by atoms with Crippen molar-refractivity contribution >= 4 is 11.6 Å². The predicted octanol–water partition coefficient (Wildman–Crippen LogP) is 4.16. The van der Waals surface area contributed by atoms with E-state index in [0.29, 0.717) is 0 Å². The van der Waals surface area contributed by atoms with Crippen LogP contribution in [0.5, 0.6) is 0 Å². The summed E-state index contributed by atoms with van der Waals surface area (Å²) in [6, 6.07) is 0. The zero-order chi connectivity index (χ0) is 8.95. The maximum absolute atomic E-state index is 5.44. The smallest absolute Gasteiger partial charge is 0.0223 e. The molecule has 0 aliphatic carbocycles. The number of hydrogen-bond acceptors (Lipinski definition) is 0. The van der Waals surface area contributed by atoms with Crippen molar-refractivity contribution < 1.29 is 0 Å². The average Bonchev–Trinajstić information content (AvgIpc) is 2.06. The first-order valence-electron chi connectivity index (χ1n) is 4.12. The topological polar surface area (TPSA) is 0 Å². The number of rotatable bonds is 5. The van der Waals surface area contributed by atoms with Crippen LogP contribution in [-0.2, 0) is 0 Å². The average molecular weight is 175 g/mol. The summed E-state index contributed by atoms with van der Waals surface area (Å²) in [5.74, 6) is 0.833. The second-order valence-corrected chi connectivity index (χ2v) is 2.60. The fourth-order valence-electron chi connectivity index (χ4n) is 0.521. The lowest BCUT2D eigenvalue weighted by Crippen LogP contribution is -1.74. The summed E-state index contributed by atoms with van der Waals surface area (Å²) in [6.45, 7) is 8.92. The highest BCUT2D eigenvalue weighted by atomic mass is 35.5. The van der Waals surface area contributed by atoms with Gasteiger partial charge in [0.15, 0.2) is 0 Å². The van der Waals surface area contributed by atoms with Crippen molar-refractivity contribution in [3.05, 3.63) is 25.3 Å². The third-order valence-electron chi connectivity index (χ3n) is 1.15. The second kappa shape index (κ2) is 16.4. The Labute approximate surface area is 76.0 Å². The van der Waals surface area contributed by atoms with Gasteiger partial charge in [0, 0.05) is 5.88 Å². The Hall–Kier alpha value is -0.230. The maximum atomic E-state index is 5.44. The molecule has 0 aromatic heterocycles. The highest BCUT2D eigenvalue weighted by Crippen LogP contribution is 1.98. The fraction of sp³-hybridized carbons (Fsp3) is 0.600.